The highest BCUT2D eigenvalue weighted by Crippen LogP contribution is 2.47. The molecule has 0 saturated heterocycles. The van der Waals surface area contributed by atoms with Crippen LogP contribution >= 0.6 is 0 Å². The Morgan fingerprint density at radius 1 is 0.744 bits per heavy atom. The van der Waals surface area contributed by atoms with Crippen LogP contribution in [0, 0.1) is 0 Å². The first-order chi connectivity index (χ1) is 20.3. The summed E-state index contributed by atoms with van der Waals surface area (Å²) < 4.78 is 16.3. The van der Waals surface area contributed by atoms with E-state index in [1.54, 1.807) is 0 Å². The Kier molecular flexibility index (Phi) is 6.89. The molecule has 0 fully saturated rings. The normalized spacial score (nSPS) is 15.7. The van der Waals surface area contributed by atoms with Gasteiger partial charge in [-0.1, -0.05) is 0 Å². The number of carbonyl (C=O) groups is 2. The van der Waals surface area contributed by atoms with E-state index in [2.05, 4.69) is 0 Å². The zero-order valence-electron chi connectivity index (χ0n) is 21.9. The molecule has 0 unspecified atom stereocenters. The topological polar surface area (TPSA) is 241 Å². The van der Waals surface area contributed by atoms with Crippen molar-refractivity contribution in [3.8, 4) is 51.7 Å². The molecule has 1 heterocycles. The fourth-order valence-corrected chi connectivity index (χ4v) is 4.83. The summed E-state index contributed by atoms with van der Waals surface area (Å²) in [6.07, 6.45) is -3.20. The summed E-state index contributed by atoms with van der Waals surface area (Å²) in [6.45, 7) is 0. The number of fused-ring (bicyclic) bond motifs is 2. The van der Waals surface area contributed by atoms with Gasteiger partial charge in [-0.15, -0.1) is 0 Å². The van der Waals surface area contributed by atoms with Crippen LogP contribution < -0.4 is 10.2 Å². The van der Waals surface area contributed by atoms with Gasteiger partial charge in [-0.2, -0.15) is 0 Å². The Bertz CT molecular complexity index is 1870. The second kappa shape index (κ2) is 10.4. The SMILES string of the molecule is COC(=O)c1cc(O)c(=O)c2c(O)c(O)cc([C@H]3Oc4cc(O)cc(O)c4C[C@H]3OC(=O)c3cc(O)c(O)c(O)c3)c2c1. The van der Waals surface area contributed by atoms with Gasteiger partial charge >= 0.3 is 11.9 Å². The number of hydrogen-bond acceptors (Lipinski definition) is 14. The molecule has 0 amide bonds. The highest BCUT2D eigenvalue weighted by Gasteiger charge is 2.38. The van der Waals surface area contributed by atoms with E-state index in [1.807, 2.05) is 0 Å². The molecular weight excluding hydrogens is 572 g/mol. The second-order valence-electron chi connectivity index (χ2n) is 9.56. The monoisotopic (exact) mass is 594 g/mol. The van der Waals surface area contributed by atoms with Crippen molar-refractivity contribution in [2.75, 3.05) is 7.11 Å². The minimum Gasteiger partial charge on any atom is -0.508 e. The lowest BCUT2D eigenvalue weighted by Crippen LogP contribution is -2.35. The molecule has 1 aliphatic heterocycles. The molecule has 4 aromatic rings. The number of carbonyl (C=O) groups excluding carboxylic acids is 2. The molecular formula is C29H22O14. The molecule has 0 spiro atoms. The summed E-state index contributed by atoms with van der Waals surface area (Å²) in [5.74, 6) is -8.36. The van der Waals surface area contributed by atoms with Crippen molar-refractivity contribution in [1.29, 1.82) is 0 Å². The number of phenolic OH excluding ortho intramolecular Hbond substituents is 7. The number of phenols is 7. The lowest BCUT2D eigenvalue weighted by Gasteiger charge is -2.34. The van der Waals surface area contributed by atoms with E-state index >= 15 is 0 Å². The van der Waals surface area contributed by atoms with E-state index in [4.69, 9.17) is 14.2 Å². The number of ether oxygens (including phenoxy) is 3. The summed E-state index contributed by atoms with van der Waals surface area (Å²) in [4.78, 5) is 38.7. The van der Waals surface area contributed by atoms with E-state index in [-0.39, 0.29) is 34.2 Å². The van der Waals surface area contributed by atoms with Crippen LogP contribution in [0.1, 0.15) is 37.9 Å². The van der Waals surface area contributed by atoms with Crippen LogP contribution in [0.3, 0.4) is 0 Å². The van der Waals surface area contributed by atoms with E-state index in [1.165, 1.54) is 0 Å². The van der Waals surface area contributed by atoms with E-state index in [9.17, 15) is 55.2 Å². The van der Waals surface area contributed by atoms with Crippen molar-refractivity contribution in [2.45, 2.75) is 18.6 Å². The molecule has 0 aliphatic carbocycles. The highest BCUT2D eigenvalue weighted by molar-refractivity contribution is 5.99. The third-order valence-corrected chi connectivity index (χ3v) is 6.86. The zero-order chi connectivity index (χ0) is 31.3. The summed E-state index contributed by atoms with van der Waals surface area (Å²) >= 11 is 0. The van der Waals surface area contributed by atoms with E-state index < -0.39 is 86.5 Å². The fraction of sp³-hybridized carbons (Fsp3) is 0.138. The maximum atomic E-state index is 13.2. The Balaban J connectivity index is 1.75. The average molecular weight is 594 g/mol. The zero-order valence-corrected chi connectivity index (χ0v) is 21.9. The number of methoxy groups -OCH3 is 1. The molecule has 222 valence electrons. The van der Waals surface area contributed by atoms with Crippen molar-refractivity contribution >= 4 is 22.7 Å². The van der Waals surface area contributed by atoms with Crippen molar-refractivity contribution in [2.24, 2.45) is 0 Å². The Hall–Kier alpha value is -6.05. The summed E-state index contributed by atoms with van der Waals surface area (Å²) in [5, 5.41) is 80.5. The lowest BCUT2D eigenvalue weighted by molar-refractivity contribution is -0.0184. The first-order valence-electron chi connectivity index (χ1n) is 12.3. The first kappa shape index (κ1) is 28.5. The van der Waals surface area contributed by atoms with Gasteiger partial charge in [0.15, 0.2) is 40.6 Å². The second-order valence-corrected chi connectivity index (χ2v) is 9.56. The molecule has 0 aromatic heterocycles. The quantitative estimate of drug-likeness (QED) is 0.125. The Morgan fingerprint density at radius 2 is 1.35 bits per heavy atom. The van der Waals surface area contributed by atoms with Gasteiger partial charge in [0.1, 0.15) is 23.4 Å². The Morgan fingerprint density at radius 3 is 2.00 bits per heavy atom. The van der Waals surface area contributed by atoms with Crippen molar-refractivity contribution in [1.82, 2.24) is 0 Å². The third-order valence-electron chi connectivity index (χ3n) is 6.86. The van der Waals surface area contributed by atoms with Crippen LogP contribution in [0.5, 0.6) is 51.7 Å². The maximum absolute atomic E-state index is 13.2. The first-order valence-corrected chi connectivity index (χ1v) is 12.3. The molecule has 14 heteroatoms. The predicted octanol–water partition coefficient (Wildman–Crippen LogP) is 2.53. The molecule has 4 aromatic carbocycles. The van der Waals surface area contributed by atoms with Crippen molar-refractivity contribution in [3.63, 3.8) is 0 Å². The molecule has 0 bridgehead atoms. The lowest BCUT2D eigenvalue weighted by atomic mass is 9.90. The molecule has 14 nitrogen and oxygen atoms in total. The van der Waals surface area contributed by atoms with Crippen LogP contribution in [-0.2, 0) is 15.9 Å². The fourth-order valence-electron chi connectivity index (χ4n) is 4.83. The third kappa shape index (κ3) is 4.90. The Labute approximate surface area is 240 Å². The molecule has 8 N–H and O–H groups in total. The molecule has 5 rings (SSSR count). The molecule has 0 saturated carbocycles. The minimum atomic E-state index is -1.49. The van der Waals surface area contributed by atoms with E-state index in [0.717, 1.165) is 49.6 Å². The van der Waals surface area contributed by atoms with Crippen molar-refractivity contribution in [3.05, 3.63) is 74.9 Å². The summed E-state index contributed by atoms with van der Waals surface area (Å²) in [5.41, 5.74) is -2.00. The number of benzene rings is 3. The van der Waals surface area contributed by atoms with Gasteiger partial charge in [0.25, 0.3) is 0 Å². The van der Waals surface area contributed by atoms with Crippen LogP contribution in [0.4, 0.5) is 0 Å². The van der Waals surface area contributed by atoms with Gasteiger partial charge in [-0.05, 0) is 35.7 Å². The summed E-state index contributed by atoms with van der Waals surface area (Å²) in [7, 11) is 1.05. The maximum Gasteiger partial charge on any atom is 0.338 e. The van der Waals surface area contributed by atoms with Gasteiger partial charge in [-0.25, -0.2) is 9.59 Å². The van der Waals surface area contributed by atoms with Gasteiger partial charge in [0.2, 0.25) is 5.43 Å². The predicted molar refractivity (Wildman–Crippen MR) is 144 cm³/mol. The van der Waals surface area contributed by atoms with Gasteiger partial charge in [0, 0.05) is 29.7 Å². The molecule has 0 radical (unpaired) electrons. The van der Waals surface area contributed by atoms with Gasteiger partial charge < -0.3 is 55.1 Å². The average Bonchev–Trinajstić information content (AvgIpc) is 3.09. The number of aromatic hydroxyl groups is 8. The molecule has 2 atom stereocenters. The largest absolute Gasteiger partial charge is 0.508 e. The van der Waals surface area contributed by atoms with Crippen molar-refractivity contribution < 1.29 is 64.7 Å². The summed E-state index contributed by atoms with van der Waals surface area (Å²) in [6, 6.07) is 6.62. The van der Waals surface area contributed by atoms with Gasteiger partial charge in [-0.3, -0.25) is 4.79 Å². The smallest absolute Gasteiger partial charge is 0.338 e. The van der Waals surface area contributed by atoms with Crippen LogP contribution in [0.15, 0.2) is 47.3 Å². The number of rotatable bonds is 4. The van der Waals surface area contributed by atoms with Crippen LogP contribution in [-0.4, -0.2) is 66.0 Å². The highest BCUT2D eigenvalue weighted by atomic mass is 16.6. The number of hydrogen-bond donors (Lipinski definition) is 8. The minimum absolute atomic E-state index is 0.0820. The standard InChI is InChI=1S/C29H22O14/c1-41-28(39)10-2-13-14(8-20(35)26(38)23(13)25(37)19(34)3-10)27-22(9-15-16(31)6-12(30)7-21(15)42-27)43-29(40)11-4-17(32)24(36)18(33)5-11/h2-8,22,27,30-33,35-36,38H,9H2,1H3,(H,34,37)/t22-,27-/m1/s1. The molecule has 43 heavy (non-hydrogen) atoms. The van der Waals surface area contributed by atoms with Crippen LogP contribution in [0.2, 0.25) is 0 Å². The van der Waals surface area contributed by atoms with Crippen LogP contribution in [0.25, 0.3) is 10.8 Å². The van der Waals surface area contributed by atoms with Gasteiger partial charge in [0.05, 0.1) is 23.6 Å². The molecule has 1 aliphatic rings. The number of esters is 2. The van der Waals surface area contributed by atoms with E-state index in [0.29, 0.717) is 0 Å².